The first kappa shape index (κ1) is 10.4. The van der Waals surface area contributed by atoms with E-state index in [2.05, 4.69) is 10.3 Å². The van der Waals surface area contributed by atoms with Gasteiger partial charge in [0.2, 0.25) is 5.71 Å². The molecule has 0 rings (SSSR count). The fourth-order valence-electron chi connectivity index (χ4n) is 0.640. The van der Waals surface area contributed by atoms with Crippen LogP contribution in [0.1, 0.15) is 13.8 Å². The summed E-state index contributed by atoms with van der Waals surface area (Å²) in [5.41, 5.74) is -0.808. The van der Waals surface area contributed by atoms with Gasteiger partial charge >= 0.3 is 5.97 Å². The van der Waals surface area contributed by atoms with Crippen LogP contribution in [-0.4, -0.2) is 32.9 Å². The fourth-order valence-corrected chi connectivity index (χ4v) is 0.640. The molecule has 0 aromatic rings. The van der Waals surface area contributed by atoms with Crippen molar-refractivity contribution in [2.24, 2.45) is 16.2 Å². The van der Waals surface area contributed by atoms with Crippen molar-refractivity contribution in [1.29, 1.82) is 0 Å². The SMILES string of the molecule is CC(C)C(=NO)C(=NO)C(=O)O. The minimum Gasteiger partial charge on any atom is -0.476 e. The Balaban J connectivity index is 4.85. The van der Waals surface area contributed by atoms with E-state index in [0.29, 0.717) is 0 Å². The summed E-state index contributed by atoms with van der Waals surface area (Å²) in [6, 6.07) is 0. The lowest BCUT2D eigenvalue weighted by Gasteiger charge is -2.04. The molecular weight excluding hydrogens is 164 g/mol. The number of hydrogen-bond donors (Lipinski definition) is 3. The molecule has 68 valence electrons. The van der Waals surface area contributed by atoms with Crippen molar-refractivity contribution in [3.63, 3.8) is 0 Å². The zero-order valence-corrected chi connectivity index (χ0v) is 6.72. The molecule has 12 heavy (non-hydrogen) atoms. The van der Waals surface area contributed by atoms with Gasteiger partial charge in [0.1, 0.15) is 5.71 Å². The molecule has 0 saturated carbocycles. The summed E-state index contributed by atoms with van der Waals surface area (Å²) in [7, 11) is 0. The molecular formula is C6H10N2O4. The summed E-state index contributed by atoms with van der Waals surface area (Å²) in [6.07, 6.45) is 0. The van der Waals surface area contributed by atoms with Gasteiger partial charge in [0.15, 0.2) is 0 Å². The normalized spacial score (nSPS) is 13.6. The molecule has 0 aromatic heterocycles. The quantitative estimate of drug-likeness (QED) is 0.327. The number of carboxylic acids is 1. The van der Waals surface area contributed by atoms with Crippen LogP contribution in [0.15, 0.2) is 10.3 Å². The molecule has 0 bridgehead atoms. The van der Waals surface area contributed by atoms with E-state index in [-0.39, 0.29) is 11.6 Å². The number of hydrogen-bond acceptors (Lipinski definition) is 5. The van der Waals surface area contributed by atoms with Gasteiger partial charge in [-0.05, 0) is 0 Å². The van der Waals surface area contributed by atoms with E-state index in [4.69, 9.17) is 15.5 Å². The Hall–Kier alpha value is -1.59. The van der Waals surface area contributed by atoms with E-state index >= 15 is 0 Å². The molecule has 0 unspecified atom stereocenters. The minimum atomic E-state index is -1.43. The van der Waals surface area contributed by atoms with E-state index in [1.807, 2.05) is 0 Å². The number of aliphatic carboxylic acids is 1. The highest BCUT2D eigenvalue weighted by Gasteiger charge is 2.21. The van der Waals surface area contributed by atoms with Gasteiger partial charge in [-0.15, -0.1) is 0 Å². The van der Waals surface area contributed by atoms with Crippen LogP contribution in [0.3, 0.4) is 0 Å². The standard InChI is InChI=1S/C6H10N2O4/c1-3(2)4(7-11)5(8-12)6(9)10/h3,11-12H,1-2H3,(H,9,10). The first-order chi connectivity index (χ1) is 5.54. The Bertz CT molecular complexity index is 232. The third kappa shape index (κ3) is 2.22. The molecule has 6 nitrogen and oxygen atoms in total. The van der Waals surface area contributed by atoms with Crippen LogP contribution in [0.25, 0.3) is 0 Å². The molecule has 0 aliphatic heterocycles. The molecule has 0 spiro atoms. The maximum atomic E-state index is 10.4. The number of rotatable bonds is 3. The van der Waals surface area contributed by atoms with Crippen molar-refractivity contribution < 1.29 is 20.3 Å². The molecule has 3 N–H and O–H groups in total. The Morgan fingerprint density at radius 2 is 1.75 bits per heavy atom. The maximum absolute atomic E-state index is 10.4. The van der Waals surface area contributed by atoms with Crippen LogP contribution in [-0.2, 0) is 4.79 Å². The summed E-state index contributed by atoms with van der Waals surface area (Å²) in [5.74, 6) is -1.75. The molecule has 0 amide bonds. The van der Waals surface area contributed by atoms with Gasteiger partial charge in [-0.25, -0.2) is 4.79 Å². The van der Waals surface area contributed by atoms with E-state index in [1.54, 1.807) is 13.8 Å². The average Bonchev–Trinajstić information content (AvgIpc) is 1.98. The smallest absolute Gasteiger partial charge is 0.360 e. The molecule has 0 radical (unpaired) electrons. The molecule has 0 aliphatic carbocycles. The topological polar surface area (TPSA) is 102 Å². The Morgan fingerprint density at radius 3 is 1.83 bits per heavy atom. The van der Waals surface area contributed by atoms with Crippen LogP contribution >= 0.6 is 0 Å². The first-order valence-electron chi connectivity index (χ1n) is 3.22. The lowest BCUT2D eigenvalue weighted by Crippen LogP contribution is -2.28. The maximum Gasteiger partial charge on any atom is 0.360 e. The van der Waals surface area contributed by atoms with Gasteiger partial charge < -0.3 is 15.5 Å². The number of carboxylic acid groups (broad SMARTS) is 1. The second-order valence-corrected chi connectivity index (χ2v) is 2.39. The summed E-state index contributed by atoms with van der Waals surface area (Å²) in [4.78, 5) is 10.4. The van der Waals surface area contributed by atoms with Gasteiger partial charge in [-0.3, -0.25) is 0 Å². The second-order valence-electron chi connectivity index (χ2n) is 2.39. The molecule has 0 atom stereocenters. The fraction of sp³-hybridized carbons (Fsp3) is 0.500. The van der Waals surface area contributed by atoms with Crippen molar-refractivity contribution in [3.05, 3.63) is 0 Å². The van der Waals surface area contributed by atoms with Crippen LogP contribution in [0.5, 0.6) is 0 Å². The van der Waals surface area contributed by atoms with Crippen molar-refractivity contribution in [1.82, 2.24) is 0 Å². The average molecular weight is 174 g/mol. The predicted octanol–water partition coefficient (Wildman–Crippen LogP) is 0.387. The van der Waals surface area contributed by atoms with Gasteiger partial charge in [0.05, 0.1) is 0 Å². The zero-order valence-electron chi connectivity index (χ0n) is 6.72. The zero-order chi connectivity index (χ0) is 9.72. The molecule has 6 heteroatoms. The van der Waals surface area contributed by atoms with Gasteiger partial charge in [0, 0.05) is 5.92 Å². The van der Waals surface area contributed by atoms with Gasteiger partial charge in [0.25, 0.3) is 0 Å². The van der Waals surface area contributed by atoms with Crippen molar-refractivity contribution in [3.8, 4) is 0 Å². The summed E-state index contributed by atoms with van der Waals surface area (Å²) in [6.45, 7) is 3.23. The third-order valence-corrected chi connectivity index (χ3v) is 1.20. The van der Waals surface area contributed by atoms with E-state index in [1.165, 1.54) is 0 Å². The second kappa shape index (κ2) is 4.32. The summed E-state index contributed by atoms with van der Waals surface area (Å²) in [5, 5.41) is 30.3. The molecule has 0 aliphatic rings. The number of oxime groups is 2. The third-order valence-electron chi connectivity index (χ3n) is 1.20. The Kier molecular flexibility index (Phi) is 3.75. The Morgan fingerprint density at radius 1 is 1.25 bits per heavy atom. The van der Waals surface area contributed by atoms with E-state index < -0.39 is 11.7 Å². The Labute approximate surface area is 68.8 Å². The first-order valence-corrected chi connectivity index (χ1v) is 3.22. The highest BCUT2D eigenvalue weighted by atomic mass is 16.4. The van der Waals surface area contributed by atoms with E-state index in [0.717, 1.165) is 0 Å². The lowest BCUT2D eigenvalue weighted by molar-refractivity contribution is -0.129. The highest BCUT2D eigenvalue weighted by Crippen LogP contribution is 1.99. The van der Waals surface area contributed by atoms with Crippen LogP contribution < -0.4 is 0 Å². The van der Waals surface area contributed by atoms with Crippen LogP contribution in [0.2, 0.25) is 0 Å². The summed E-state index contributed by atoms with van der Waals surface area (Å²) >= 11 is 0. The predicted molar refractivity (Wildman–Crippen MR) is 40.9 cm³/mol. The monoisotopic (exact) mass is 174 g/mol. The van der Waals surface area contributed by atoms with Crippen molar-refractivity contribution >= 4 is 17.4 Å². The number of nitrogens with zero attached hydrogens (tertiary/aromatic N) is 2. The van der Waals surface area contributed by atoms with Crippen LogP contribution in [0.4, 0.5) is 0 Å². The van der Waals surface area contributed by atoms with E-state index in [9.17, 15) is 4.79 Å². The van der Waals surface area contributed by atoms with Crippen LogP contribution in [0, 0.1) is 5.92 Å². The largest absolute Gasteiger partial charge is 0.476 e. The molecule has 0 aromatic carbocycles. The van der Waals surface area contributed by atoms with Crippen molar-refractivity contribution in [2.45, 2.75) is 13.8 Å². The highest BCUT2D eigenvalue weighted by molar-refractivity contribution is 6.65. The molecule has 0 saturated heterocycles. The molecule has 0 heterocycles. The number of carbonyl (C=O) groups is 1. The molecule has 0 fully saturated rings. The van der Waals surface area contributed by atoms with Gasteiger partial charge in [-0.1, -0.05) is 24.2 Å². The van der Waals surface area contributed by atoms with Crippen molar-refractivity contribution in [2.75, 3.05) is 0 Å². The van der Waals surface area contributed by atoms with Gasteiger partial charge in [-0.2, -0.15) is 0 Å². The summed E-state index contributed by atoms with van der Waals surface area (Å²) < 4.78 is 0. The minimum absolute atomic E-state index is 0.162. The lowest BCUT2D eigenvalue weighted by atomic mass is 10.0.